The Bertz CT molecular complexity index is 767. The van der Waals surface area contributed by atoms with Crippen LogP contribution in [0.2, 0.25) is 10.0 Å². The number of hydrogen-bond donors (Lipinski definition) is 0. The molecule has 0 aromatic heterocycles. The van der Waals surface area contributed by atoms with E-state index in [0.717, 1.165) is 0 Å². The second-order valence-corrected chi connectivity index (χ2v) is 9.40. The number of ether oxygens (including phenoxy) is 1. The first-order valence-corrected chi connectivity index (χ1v) is 10.7. The van der Waals surface area contributed by atoms with Crippen molar-refractivity contribution in [1.82, 2.24) is 9.21 Å². The molecule has 2 rings (SSSR count). The molecular formula is C17H24Cl2N2O4S. The monoisotopic (exact) mass is 422 g/mol. The highest BCUT2D eigenvalue weighted by atomic mass is 35.5. The Kier molecular flexibility index (Phi) is 6.96. The third-order valence-corrected chi connectivity index (χ3v) is 6.86. The maximum atomic E-state index is 13.0. The average molecular weight is 423 g/mol. The predicted octanol–water partition coefficient (Wildman–Crippen LogP) is 3.27. The topological polar surface area (TPSA) is 66.9 Å². The lowest BCUT2D eigenvalue weighted by atomic mass is 10.1. The fraction of sp³-hybridized carbons (Fsp3) is 0.588. The quantitative estimate of drug-likeness (QED) is 0.729. The molecule has 1 heterocycles. The highest BCUT2D eigenvalue weighted by molar-refractivity contribution is 7.89. The van der Waals surface area contributed by atoms with Gasteiger partial charge in [-0.05, 0) is 39.8 Å². The van der Waals surface area contributed by atoms with E-state index in [2.05, 4.69) is 0 Å². The van der Waals surface area contributed by atoms with E-state index in [-0.39, 0.29) is 51.6 Å². The SMILES string of the molecule is CC(C)N(C(=O)c1cc(S(=O)(=O)N2CCOCC2)c(Cl)cc1Cl)C(C)C. The molecule has 0 atom stereocenters. The number of hydrogen-bond acceptors (Lipinski definition) is 4. The number of sulfonamides is 1. The molecule has 146 valence electrons. The van der Waals surface area contributed by atoms with Gasteiger partial charge in [0.15, 0.2) is 0 Å². The van der Waals surface area contributed by atoms with E-state index in [4.69, 9.17) is 27.9 Å². The first kappa shape index (κ1) is 21.4. The standard InChI is InChI=1S/C17H24Cl2N2O4S/c1-11(2)21(12(3)4)17(22)13-9-16(15(19)10-14(13)18)26(23,24)20-5-7-25-8-6-20/h9-12H,5-8H2,1-4H3. The maximum absolute atomic E-state index is 13.0. The highest BCUT2D eigenvalue weighted by Crippen LogP contribution is 2.32. The number of carbonyl (C=O) groups is 1. The van der Waals surface area contributed by atoms with E-state index in [1.165, 1.54) is 16.4 Å². The number of amides is 1. The molecule has 1 aromatic rings. The highest BCUT2D eigenvalue weighted by Gasteiger charge is 2.31. The molecule has 9 heteroatoms. The molecule has 0 saturated carbocycles. The smallest absolute Gasteiger partial charge is 0.255 e. The van der Waals surface area contributed by atoms with Gasteiger partial charge in [-0.3, -0.25) is 4.79 Å². The molecule has 0 unspecified atom stereocenters. The van der Waals surface area contributed by atoms with Crippen LogP contribution in [-0.2, 0) is 14.8 Å². The summed E-state index contributed by atoms with van der Waals surface area (Å²) in [7, 11) is -3.84. The number of carbonyl (C=O) groups excluding carboxylic acids is 1. The normalized spacial score (nSPS) is 16.3. The molecule has 1 aliphatic heterocycles. The Morgan fingerprint density at radius 2 is 1.62 bits per heavy atom. The summed E-state index contributed by atoms with van der Waals surface area (Å²) in [6, 6.07) is 2.49. The van der Waals surface area contributed by atoms with Crippen LogP contribution in [0.5, 0.6) is 0 Å². The summed E-state index contributed by atoms with van der Waals surface area (Å²) in [4.78, 5) is 14.5. The van der Waals surface area contributed by atoms with Gasteiger partial charge in [-0.2, -0.15) is 4.31 Å². The molecule has 6 nitrogen and oxygen atoms in total. The molecule has 0 N–H and O–H groups in total. The molecular weight excluding hydrogens is 399 g/mol. The summed E-state index contributed by atoms with van der Waals surface area (Å²) in [5.41, 5.74) is 0.130. The summed E-state index contributed by atoms with van der Waals surface area (Å²) in [6.45, 7) is 8.72. The molecule has 0 bridgehead atoms. The van der Waals surface area contributed by atoms with Crippen LogP contribution in [0.15, 0.2) is 17.0 Å². The summed E-state index contributed by atoms with van der Waals surface area (Å²) in [5.74, 6) is -0.324. The van der Waals surface area contributed by atoms with Crippen molar-refractivity contribution in [1.29, 1.82) is 0 Å². The fourth-order valence-corrected chi connectivity index (χ4v) is 5.26. The second kappa shape index (κ2) is 8.44. The lowest BCUT2D eigenvalue weighted by molar-refractivity contribution is 0.0643. The van der Waals surface area contributed by atoms with E-state index < -0.39 is 10.0 Å². The number of nitrogens with zero attached hydrogens (tertiary/aromatic N) is 2. The van der Waals surface area contributed by atoms with E-state index in [9.17, 15) is 13.2 Å². The molecule has 1 fully saturated rings. The van der Waals surface area contributed by atoms with Crippen LogP contribution in [0.4, 0.5) is 0 Å². The van der Waals surface area contributed by atoms with Gasteiger partial charge >= 0.3 is 0 Å². The van der Waals surface area contributed by atoms with Crippen LogP contribution < -0.4 is 0 Å². The van der Waals surface area contributed by atoms with Crippen molar-refractivity contribution < 1.29 is 17.9 Å². The summed E-state index contributed by atoms with van der Waals surface area (Å²) in [5, 5.41) is 0.130. The Hall–Kier alpha value is -0.860. The van der Waals surface area contributed by atoms with Crippen molar-refractivity contribution in [3.63, 3.8) is 0 Å². The Morgan fingerprint density at radius 3 is 2.12 bits per heavy atom. The summed E-state index contributed by atoms with van der Waals surface area (Å²) < 4.78 is 32.4. The molecule has 0 spiro atoms. The van der Waals surface area contributed by atoms with Crippen molar-refractivity contribution in [2.45, 2.75) is 44.7 Å². The lowest BCUT2D eigenvalue weighted by Gasteiger charge is -2.31. The van der Waals surface area contributed by atoms with Crippen LogP contribution in [0, 0.1) is 0 Å². The average Bonchev–Trinajstić information content (AvgIpc) is 2.54. The van der Waals surface area contributed by atoms with Gasteiger partial charge in [0, 0.05) is 25.2 Å². The van der Waals surface area contributed by atoms with Gasteiger partial charge in [0.05, 0.1) is 28.8 Å². The number of rotatable bonds is 5. The minimum Gasteiger partial charge on any atom is -0.379 e. The van der Waals surface area contributed by atoms with Crippen LogP contribution in [0.1, 0.15) is 38.1 Å². The zero-order valence-electron chi connectivity index (χ0n) is 15.3. The van der Waals surface area contributed by atoms with E-state index >= 15 is 0 Å². The van der Waals surface area contributed by atoms with Crippen LogP contribution in [0.3, 0.4) is 0 Å². The molecule has 1 aromatic carbocycles. The van der Waals surface area contributed by atoms with Crippen molar-refractivity contribution in [2.75, 3.05) is 26.3 Å². The first-order chi connectivity index (χ1) is 12.1. The molecule has 0 aliphatic carbocycles. The van der Waals surface area contributed by atoms with Crippen molar-refractivity contribution in [3.05, 3.63) is 27.7 Å². The molecule has 1 saturated heterocycles. The largest absolute Gasteiger partial charge is 0.379 e. The molecule has 26 heavy (non-hydrogen) atoms. The first-order valence-electron chi connectivity index (χ1n) is 8.47. The van der Waals surface area contributed by atoms with Gasteiger partial charge < -0.3 is 9.64 Å². The van der Waals surface area contributed by atoms with Gasteiger partial charge in [-0.15, -0.1) is 0 Å². The van der Waals surface area contributed by atoms with Gasteiger partial charge in [-0.25, -0.2) is 8.42 Å². The molecule has 1 aliphatic rings. The fourth-order valence-electron chi connectivity index (χ4n) is 3.02. The van der Waals surface area contributed by atoms with Gasteiger partial charge in [0.25, 0.3) is 5.91 Å². The van der Waals surface area contributed by atoms with Gasteiger partial charge in [0.1, 0.15) is 4.90 Å². The Labute approximate surface area is 165 Å². The van der Waals surface area contributed by atoms with E-state index in [1.54, 1.807) is 4.90 Å². The minimum absolute atomic E-state index is 0.00122. The van der Waals surface area contributed by atoms with Crippen molar-refractivity contribution >= 4 is 39.1 Å². The summed E-state index contributed by atoms with van der Waals surface area (Å²) >= 11 is 12.4. The van der Waals surface area contributed by atoms with Crippen LogP contribution >= 0.6 is 23.2 Å². The third kappa shape index (κ3) is 4.34. The molecule has 1 amide bonds. The Morgan fingerprint density at radius 1 is 1.08 bits per heavy atom. The van der Waals surface area contributed by atoms with Crippen molar-refractivity contribution in [3.8, 4) is 0 Å². The summed E-state index contributed by atoms with van der Waals surface area (Å²) in [6.07, 6.45) is 0. The maximum Gasteiger partial charge on any atom is 0.255 e. The van der Waals surface area contributed by atoms with E-state index in [1.807, 2.05) is 27.7 Å². The van der Waals surface area contributed by atoms with Gasteiger partial charge in [-0.1, -0.05) is 23.2 Å². The second-order valence-electron chi connectivity index (χ2n) is 6.68. The van der Waals surface area contributed by atoms with Crippen LogP contribution in [-0.4, -0.2) is 61.9 Å². The lowest BCUT2D eigenvalue weighted by Crippen LogP contribution is -2.42. The van der Waals surface area contributed by atoms with Gasteiger partial charge in [0.2, 0.25) is 10.0 Å². The zero-order chi connectivity index (χ0) is 19.6. The number of morpholine rings is 1. The number of benzene rings is 1. The third-order valence-electron chi connectivity index (χ3n) is 4.19. The molecule has 0 radical (unpaired) electrons. The van der Waals surface area contributed by atoms with E-state index in [0.29, 0.717) is 13.2 Å². The van der Waals surface area contributed by atoms with Crippen LogP contribution in [0.25, 0.3) is 0 Å². The van der Waals surface area contributed by atoms with Crippen molar-refractivity contribution in [2.24, 2.45) is 0 Å². The Balaban J connectivity index is 2.51. The minimum atomic E-state index is -3.84. The number of halogens is 2. The zero-order valence-corrected chi connectivity index (χ0v) is 17.7. The predicted molar refractivity (Wildman–Crippen MR) is 102 cm³/mol.